The van der Waals surface area contributed by atoms with Crippen molar-refractivity contribution < 1.29 is 4.39 Å². The van der Waals surface area contributed by atoms with Crippen molar-refractivity contribution >= 4 is 0 Å². The molecule has 0 heterocycles. The summed E-state index contributed by atoms with van der Waals surface area (Å²) in [6.45, 7) is 4.66. The van der Waals surface area contributed by atoms with Crippen LogP contribution in [0.15, 0.2) is 18.2 Å². The minimum atomic E-state index is -0.193. The summed E-state index contributed by atoms with van der Waals surface area (Å²) in [6.07, 6.45) is 19.5. The fraction of sp³-hybridized carbons (Fsp3) is 0.769. The lowest BCUT2D eigenvalue weighted by Crippen LogP contribution is -2.37. The Labute approximate surface area is 167 Å². The van der Waals surface area contributed by atoms with Crippen molar-refractivity contribution in [3.63, 3.8) is 0 Å². The Kier molecular flexibility index (Phi) is 7.79. The molecule has 0 bridgehead atoms. The number of unbranched alkanes of at least 4 members (excludes halogenated alkanes) is 2. The van der Waals surface area contributed by atoms with Crippen LogP contribution in [0.4, 0.5) is 4.39 Å². The van der Waals surface area contributed by atoms with Gasteiger partial charge in [0, 0.05) is 6.07 Å². The monoisotopic (exact) mass is 371 g/mol. The van der Waals surface area contributed by atoms with Gasteiger partial charge in [0.15, 0.2) is 0 Å². The second-order valence-corrected chi connectivity index (χ2v) is 9.57. The van der Waals surface area contributed by atoms with E-state index in [1.54, 1.807) is 12.1 Å². The maximum absolute atomic E-state index is 13.6. The van der Waals surface area contributed by atoms with Gasteiger partial charge in [-0.15, -0.1) is 0 Å². The Hall–Kier alpha value is -0.850. The van der Waals surface area contributed by atoms with Crippen molar-refractivity contribution in [2.75, 3.05) is 0 Å². The van der Waals surface area contributed by atoms with Crippen LogP contribution in [0.2, 0.25) is 0 Å². The summed E-state index contributed by atoms with van der Waals surface area (Å²) in [7, 11) is 0. The highest BCUT2D eigenvalue weighted by Gasteiger charge is 2.42. The van der Waals surface area contributed by atoms with Gasteiger partial charge in [0.2, 0.25) is 0 Å². The molecule has 0 saturated heterocycles. The molecule has 2 aliphatic carbocycles. The van der Waals surface area contributed by atoms with Crippen molar-refractivity contribution in [2.24, 2.45) is 17.3 Å². The van der Waals surface area contributed by atoms with Gasteiger partial charge in [-0.3, -0.25) is 0 Å². The van der Waals surface area contributed by atoms with E-state index in [1.807, 2.05) is 0 Å². The average molecular weight is 372 g/mol. The predicted octanol–water partition coefficient (Wildman–Crippen LogP) is 8.46. The molecular formula is C26H40F. The van der Waals surface area contributed by atoms with E-state index < -0.39 is 0 Å². The molecule has 0 aliphatic heterocycles. The maximum atomic E-state index is 13.6. The summed E-state index contributed by atoms with van der Waals surface area (Å²) >= 11 is 0. The molecule has 2 saturated carbocycles. The lowest BCUT2D eigenvalue weighted by atomic mass is 9.57. The highest BCUT2D eigenvalue weighted by molar-refractivity contribution is 5.21. The second kappa shape index (κ2) is 10.1. The molecular weight excluding hydrogens is 331 g/mol. The van der Waals surface area contributed by atoms with E-state index in [1.165, 1.54) is 95.5 Å². The summed E-state index contributed by atoms with van der Waals surface area (Å²) in [5, 5.41) is 0. The van der Waals surface area contributed by atoms with Crippen LogP contribution >= 0.6 is 0 Å². The van der Waals surface area contributed by atoms with E-state index in [2.05, 4.69) is 26.0 Å². The highest BCUT2D eigenvalue weighted by atomic mass is 19.1. The molecule has 0 amide bonds. The summed E-state index contributed by atoms with van der Waals surface area (Å²) in [6, 6.07) is 8.25. The van der Waals surface area contributed by atoms with E-state index in [0.29, 0.717) is 11.3 Å². The molecule has 1 radical (unpaired) electrons. The summed E-state index contributed by atoms with van der Waals surface area (Å²) in [5.41, 5.74) is 1.79. The Morgan fingerprint density at radius 1 is 1.00 bits per heavy atom. The van der Waals surface area contributed by atoms with Crippen LogP contribution in [-0.4, -0.2) is 0 Å². The number of halogens is 1. The smallest absolute Gasteiger partial charge is 0.131 e. The van der Waals surface area contributed by atoms with Gasteiger partial charge in [-0.2, -0.15) is 0 Å². The zero-order chi connectivity index (χ0) is 19.1. The van der Waals surface area contributed by atoms with E-state index in [-0.39, 0.29) is 5.82 Å². The molecule has 0 nitrogen and oxygen atoms in total. The fourth-order valence-corrected chi connectivity index (χ4v) is 6.29. The van der Waals surface area contributed by atoms with Crippen LogP contribution in [-0.2, 0) is 0 Å². The van der Waals surface area contributed by atoms with E-state index in [4.69, 9.17) is 0 Å². The maximum Gasteiger partial charge on any atom is 0.131 e. The first kappa shape index (κ1) is 20.9. The lowest BCUT2D eigenvalue weighted by Gasteiger charge is -2.48. The summed E-state index contributed by atoms with van der Waals surface area (Å²) in [4.78, 5) is 0. The molecule has 0 spiro atoms. The van der Waals surface area contributed by atoms with Gasteiger partial charge >= 0.3 is 0 Å². The third-order valence-corrected chi connectivity index (χ3v) is 7.93. The van der Waals surface area contributed by atoms with E-state index >= 15 is 0 Å². The summed E-state index contributed by atoms with van der Waals surface area (Å²) < 4.78 is 13.6. The Morgan fingerprint density at radius 3 is 2.37 bits per heavy atom. The first-order chi connectivity index (χ1) is 13.2. The van der Waals surface area contributed by atoms with Gasteiger partial charge in [-0.1, -0.05) is 70.9 Å². The van der Waals surface area contributed by atoms with Crippen LogP contribution in [0.25, 0.3) is 0 Å². The van der Waals surface area contributed by atoms with Crippen molar-refractivity contribution in [3.05, 3.63) is 35.6 Å². The Bertz CT molecular complexity index is 547. The molecule has 1 aromatic carbocycles. The van der Waals surface area contributed by atoms with Gasteiger partial charge in [0.1, 0.15) is 5.82 Å². The molecule has 0 aromatic heterocycles. The first-order valence-corrected chi connectivity index (χ1v) is 11.8. The first-order valence-electron chi connectivity index (χ1n) is 11.8. The zero-order valence-corrected chi connectivity index (χ0v) is 17.7. The van der Waals surface area contributed by atoms with Gasteiger partial charge in [-0.25, -0.2) is 4.39 Å². The van der Waals surface area contributed by atoms with Gasteiger partial charge < -0.3 is 0 Å². The standard InChI is InChI=1S/C26H40F/c1-3-5-6-17-26(24-13-11-21(8-4-2)12-14-24)18-15-22(16-19-26)23-9-7-10-25(27)20-23/h7,9,20-22,24H,3-6,8,11-19H2,1-2H3/t21?,22-,24?,26+. The molecule has 0 N–H and O–H groups in total. The van der Waals surface area contributed by atoms with Crippen molar-refractivity contribution in [3.8, 4) is 0 Å². The fourth-order valence-electron chi connectivity index (χ4n) is 6.29. The van der Waals surface area contributed by atoms with Crippen LogP contribution in [0.1, 0.15) is 115 Å². The molecule has 27 heavy (non-hydrogen) atoms. The summed E-state index contributed by atoms with van der Waals surface area (Å²) in [5.74, 6) is 2.31. The molecule has 2 aliphatic rings. The van der Waals surface area contributed by atoms with Gasteiger partial charge in [0.05, 0.1) is 0 Å². The molecule has 3 rings (SSSR count). The largest absolute Gasteiger partial charge is 0.206 e. The average Bonchev–Trinajstić information content (AvgIpc) is 2.69. The van der Waals surface area contributed by atoms with E-state index in [9.17, 15) is 4.39 Å². The number of rotatable bonds is 8. The lowest BCUT2D eigenvalue weighted by molar-refractivity contribution is 0.0369. The minimum absolute atomic E-state index is 0.193. The Morgan fingerprint density at radius 2 is 1.74 bits per heavy atom. The number of benzene rings is 1. The molecule has 151 valence electrons. The van der Waals surface area contributed by atoms with Gasteiger partial charge in [-0.05, 0) is 79.7 Å². The van der Waals surface area contributed by atoms with Crippen LogP contribution < -0.4 is 0 Å². The van der Waals surface area contributed by atoms with Crippen LogP contribution in [0, 0.1) is 29.1 Å². The molecule has 0 atom stereocenters. The third kappa shape index (κ3) is 5.36. The Balaban J connectivity index is 1.64. The predicted molar refractivity (Wildman–Crippen MR) is 113 cm³/mol. The van der Waals surface area contributed by atoms with Crippen molar-refractivity contribution in [1.82, 2.24) is 0 Å². The SMILES string of the molecule is CCCCC[C@]1(C2CCC(CCC)CC2)CC[C@@H](c2cc[c]c(F)c2)CC1. The third-order valence-electron chi connectivity index (χ3n) is 7.93. The topological polar surface area (TPSA) is 0 Å². The normalized spacial score (nSPS) is 31.7. The van der Waals surface area contributed by atoms with Crippen molar-refractivity contribution in [1.29, 1.82) is 0 Å². The highest BCUT2D eigenvalue weighted by Crippen LogP contribution is 2.54. The molecule has 1 aromatic rings. The van der Waals surface area contributed by atoms with Crippen LogP contribution in [0.3, 0.4) is 0 Å². The zero-order valence-electron chi connectivity index (χ0n) is 17.7. The molecule has 0 unspecified atom stereocenters. The minimum Gasteiger partial charge on any atom is -0.206 e. The van der Waals surface area contributed by atoms with Crippen LogP contribution in [0.5, 0.6) is 0 Å². The quantitative estimate of drug-likeness (QED) is 0.402. The van der Waals surface area contributed by atoms with E-state index in [0.717, 1.165) is 11.8 Å². The molecule has 2 fully saturated rings. The van der Waals surface area contributed by atoms with Crippen molar-refractivity contribution in [2.45, 2.75) is 110 Å². The molecule has 1 heteroatoms. The second-order valence-electron chi connectivity index (χ2n) is 9.57. The van der Waals surface area contributed by atoms with Gasteiger partial charge in [0.25, 0.3) is 0 Å². The number of hydrogen-bond donors (Lipinski definition) is 0. The number of hydrogen-bond acceptors (Lipinski definition) is 0.